The van der Waals surface area contributed by atoms with Crippen LogP contribution in [0.15, 0.2) is 22.8 Å². The van der Waals surface area contributed by atoms with Gasteiger partial charge >= 0.3 is 5.97 Å². The van der Waals surface area contributed by atoms with Crippen molar-refractivity contribution in [2.45, 2.75) is 39.7 Å². The molecule has 3 rings (SSSR count). The van der Waals surface area contributed by atoms with Crippen LogP contribution in [0.1, 0.15) is 33.6 Å². The summed E-state index contributed by atoms with van der Waals surface area (Å²) >= 11 is 0. The molecule has 0 aromatic carbocycles. The molecule has 3 heteroatoms. The number of esters is 1. The fourth-order valence-electron chi connectivity index (χ4n) is 3.69. The largest absolute Gasteiger partial charge is 0.461 e. The Kier molecular flexibility index (Phi) is 2.47. The highest BCUT2D eigenvalue weighted by Gasteiger charge is 2.50. The van der Waals surface area contributed by atoms with Crippen LogP contribution in [-0.2, 0) is 14.3 Å². The molecule has 4 atom stereocenters. The molecule has 1 aliphatic heterocycles. The fourth-order valence-corrected chi connectivity index (χ4v) is 3.69. The second kappa shape index (κ2) is 3.81. The first-order valence-corrected chi connectivity index (χ1v) is 6.63. The van der Waals surface area contributed by atoms with Crippen molar-refractivity contribution in [3.63, 3.8) is 0 Å². The Bertz CT molecular complexity index is 498. The van der Waals surface area contributed by atoms with Crippen molar-refractivity contribution in [2.75, 3.05) is 0 Å². The quantitative estimate of drug-likeness (QED) is 0.616. The summed E-state index contributed by atoms with van der Waals surface area (Å²) in [6.07, 6.45) is 3.44. The lowest BCUT2D eigenvalue weighted by molar-refractivity contribution is -0.144. The predicted molar refractivity (Wildman–Crippen MR) is 66.7 cm³/mol. The molecule has 3 aliphatic rings. The third-order valence-corrected chi connectivity index (χ3v) is 4.76. The molecule has 1 saturated heterocycles. The van der Waals surface area contributed by atoms with Crippen LogP contribution in [0.2, 0.25) is 0 Å². The topological polar surface area (TPSA) is 43.4 Å². The number of carbonyl (C=O) groups excluding carboxylic acids is 2. The van der Waals surface area contributed by atoms with Gasteiger partial charge in [-0.1, -0.05) is 18.1 Å². The van der Waals surface area contributed by atoms with E-state index in [4.69, 9.17) is 4.74 Å². The summed E-state index contributed by atoms with van der Waals surface area (Å²) in [5, 5.41) is 0. The zero-order chi connectivity index (χ0) is 13.0. The zero-order valence-corrected chi connectivity index (χ0v) is 11.0. The van der Waals surface area contributed by atoms with E-state index in [1.807, 2.05) is 20.8 Å². The zero-order valence-electron chi connectivity index (χ0n) is 11.0. The highest BCUT2D eigenvalue weighted by Crippen LogP contribution is 2.47. The standard InChI is InChI=1S/C15H18O3/c1-7-4-5-10-9(3)15(17)18-14(10)13-8(2)6-11(16)12(7)13/h6,9-10,13-14H,4-5H2,1-3H3/t9-,10+,13?,14+/m1/s1. The van der Waals surface area contributed by atoms with Gasteiger partial charge in [-0.05, 0) is 32.8 Å². The van der Waals surface area contributed by atoms with Gasteiger partial charge in [0.05, 0.1) is 5.92 Å². The smallest absolute Gasteiger partial charge is 0.309 e. The highest BCUT2D eigenvalue weighted by atomic mass is 16.6. The molecule has 2 aliphatic carbocycles. The van der Waals surface area contributed by atoms with Crippen LogP contribution in [0, 0.1) is 17.8 Å². The first kappa shape index (κ1) is 11.7. The van der Waals surface area contributed by atoms with Gasteiger partial charge in [-0.2, -0.15) is 0 Å². The molecule has 0 bridgehead atoms. The number of ketones is 1. The molecule has 0 N–H and O–H groups in total. The molecule has 0 radical (unpaired) electrons. The number of fused-ring (bicyclic) bond motifs is 3. The van der Waals surface area contributed by atoms with Crippen LogP contribution < -0.4 is 0 Å². The molecule has 3 nitrogen and oxygen atoms in total. The van der Waals surface area contributed by atoms with Gasteiger partial charge in [-0.25, -0.2) is 0 Å². The van der Waals surface area contributed by atoms with Crippen molar-refractivity contribution in [3.8, 4) is 0 Å². The lowest BCUT2D eigenvalue weighted by atomic mass is 9.81. The molecule has 0 amide bonds. The lowest BCUT2D eigenvalue weighted by Crippen LogP contribution is -2.28. The minimum Gasteiger partial charge on any atom is -0.461 e. The van der Waals surface area contributed by atoms with E-state index < -0.39 is 0 Å². The minimum atomic E-state index is -0.123. The van der Waals surface area contributed by atoms with Crippen LogP contribution >= 0.6 is 0 Å². The van der Waals surface area contributed by atoms with Crippen molar-refractivity contribution in [1.82, 2.24) is 0 Å². The molecular formula is C15H18O3. The predicted octanol–water partition coefficient (Wildman–Crippen LogP) is 2.42. The average molecular weight is 246 g/mol. The number of allylic oxidation sites excluding steroid dienone is 2. The number of hydrogen-bond donors (Lipinski definition) is 0. The summed E-state index contributed by atoms with van der Waals surface area (Å²) in [5.74, 6) is 0.246. The Balaban J connectivity index is 2.07. The number of hydrogen-bond acceptors (Lipinski definition) is 3. The second-order valence-corrected chi connectivity index (χ2v) is 5.82. The van der Waals surface area contributed by atoms with E-state index in [0.717, 1.165) is 24.0 Å². The van der Waals surface area contributed by atoms with E-state index in [2.05, 4.69) is 0 Å². The van der Waals surface area contributed by atoms with Gasteiger partial charge < -0.3 is 4.74 Å². The van der Waals surface area contributed by atoms with Gasteiger partial charge in [-0.3, -0.25) is 9.59 Å². The SMILES string of the molecule is CC1=CC(=O)C2=C(C)CC[C@@H]3[C@H](OC(=O)[C@@H]3C)C12. The molecule has 18 heavy (non-hydrogen) atoms. The summed E-state index contributed by atoms with van der Waals surface area (Å²) in [6, 6.07) is 0. The summed E-state index contributed by atoms with van der Waals surface area (Å²) in [5.41, 5.74) is 3.12. The van der Waals surface area contributed by atoms with Gasteiger partial charge in [0.25, 0.3) is 0 Å². The average Bonchev–Trinajstić information content (AvgIpc) is 2.68. The van der Waals surface area contributed by atoms with Crippen LogP contribution in [0.5, 0.6) is 0 Å². The van der Waals surface area contributed by atoms with Gasteiger partial charge in [0.1, 0.15) is 6.10 Å². The first-order chi connectivity index (χ1) is 8.50. The number of rotatable bonds is 0. The maximum absolute atomic E-state index is 12.1. The number of carbonyl (C=O) groups is 2. The summed E-state index contributed by atoms with van der Waals surface area (Å²) in [4.78, 5) is 23.8. The Morgan fingerprint density at radius 2 is 2.00 bits per heavy atom. The molecule has 1 heterocycles. The van der Waals surface area contributed by atoms with Crippen LogP contribution in [0.4, 0.5) is 0 Å². The second-order valence-electron chi connectivity index (χ2n) is 5.82. The fraction of sp³-hybridized carbons (Fsp3) is 0.600. The minimum absolute atomic E-state index is 0.0129. The Hall–Kier alpha value is -1.38. The molecule has 1 fully saturated rings. The Morgan fingerprint density at radius 3 is 2.72 bits per heavy atom. The van der Waals surface area contributed by atoms with E-state index in [0.29, 0.717) is 0 Å². The van der Waals surface area contributed by atoms with Gasteiger partial charge in [0, 0.05) is 17.4 Å². The van der Waals surface area contributed by atoms with E-state index in [-0.39, 0.29) is 35.6 Å². The molecule has 0 aromatic heterocycles. The monoisotopic (exact) mass is 246 g/mol. The van der Waals surface area contributed by atoms with Gasteiger partial charge in [0.2, 0.25) is 0 Å². The van der Waals surface area contributed by atoms with Gasteiger partial charge in [0.15, 0.2) is 5.78 Å². The van der Waals surface area contributed by atoms with Crippen molar-refractivity contribution >= 4 is 11.8 Å². The lowest BCUT2D eigenvalue weighted by Gasteiger charge is -2.24. The molecule has 0 saturated carbocycles. The Morgan fingerprint density at radius 1 is 1.28 bits per heavy atom. The van der Waals surface area contributed by atoms with Crippen molar-refractivity contribution in [1.29, 1.82) is 0 Å². The summed E-state index contributed by atoms with van der Waals surface area (Å²) in [7, 11) is 0. The summed E-state index contributed by atoms with van der Waals surface area (Å²) in [6.45, 7) is 5.96. The van der Waals surface area contributed by atoms with E-state index in [1.54, 1.807) is 6.08 Å². The molecule has 96 valence electrons. The maximum atomic E-state index is 12.1. The molecular weight excluding hydrogens is 228 g/mol. The third-order valence-electron chi connectivity index (χ3n) is 4.76. The van der Waals surface area contributed by atoms with Crippen LogP contribution in [0.3, 0.4) is 0 Å². The number of ether oxygens (including phenoxy) is 1. The highest BCUT2D eigenvalue weighted by molar-refractivity contribution is 6.09. The van der Waals surface area contributed by atoms with Gasteiger partial charge in [-0.15, -0.1) is 0 Å². The van der Waals surface area contributed by atoms with Crippen molar-refractivity contribution in [3.05, 3.63) is 22.8 Å². The third kappa shape index (κ3) is 1.43. The first-order valence-electron chi connectivity index (χ1n) is 6.63. The summed E-state index contributed by atoms with van der Waals surface area (Å²) < 4.78 is 5.57. The molecule has 0 spiro atoms. The normalized spacial score (nSPS) is 39.2. The molecule has 1 unspecified atom stereocenters. The van der Waals surface area contributed by atoms with Crippen LogP contribution in [0.25, 0.3) is 0 Å². The maximum Gasteiger partial charge on any atom is 0.309 e. The molecule has 0 aromatic rings. The Labute approximate surface area is 107 Å². The van der Waals surface area contributed by atoms with E-state index in [9.17, 15) is 9.59 Å². The van der Waals surface area contributed by atoms with E-state index in [1.165, 1.54) is 5.57 Å². The van der Waals surface area contributed by atoms with Crippen LogP contribution in [-0.4, -0.2) is 17.9 Å². The van der Waals surface area contributed by atoms with Crippen molar-refractivity contribution < 1.29 is 14.3 Å². The van der Waals surface area contributed by atoms with Crippen molar-refractivity contribution in [2.24, 2.45) is 17.8 Å². The van der Waals surface area contributed by atoms with E-state index >= 15 is 0 Å².